The number of carbonyl (C=O) groups is 1. The molecular formula is C25H43N7O3. The lowest BCUT2D eigenvalue weighted by Gasteiger charge is -2.35. The van der Waals surface area contributed by atoms with Gasteiger partial charge < -0.3 is 31.1 Å². The van der Waals surface area contributed by atoms with Crippen LogP contribution in [0.1, 0.15) is 45.4 Å². The monoisotopic (exact) mass is 489 g/mol. The number of nitrogens with one attached hydrogen (secondary N) is 2. The third kappa shape index (κ3) is 10.6. The summed E-state index contributed by atoms with van der Waals surface area (Å²) in [5.74, 6) is 0.246. The molecule has 1 aromatic carbocycles. The molecule has 0 aliphatic rings. The summed E-state index contributed by atoms with van der Waals surface area (Å²) in [6, 6.07) is 7.06. The molecule has 35 heavy (non-hydrogen) atoms. The van der Waals surface area contributed by atoms with E-state index in [9.17, 15) is 9.90 Å². The normalized spacial score (nSPS) is 13.1. The van der Waals surface area contributed by atoms with Crippen molar-refractivity contribution in [1.82, 2.24) is 30.5 Å². The van der Waals surface area contributed by atoms with E-state index in [2.05, 4.69) is 25.8 Å². The summed E-state index contributed by atoms with van der Waals surface area (Å²) in [6.07, 6.45) is 4.01. The molecule has 0 aliphatic heterocycles. The Bertz CT molecular complexity index is 910. The van der Waals surface area contributed by atoms with Crippen molar-refractivity contribution in [2.24, 2.45) is 5.73 Å². The Morgan fingerprint density at radius 3 is 2.49 bits per heavy atom. The summed E-state index contributed by atoms with van der Waals surface area (Å²) >= 11 is 0. The average molecular weight is 490 g/mol. The summed E-state index contributed by atoms with van der Waals surface area (Å²) in [4.78, 5) is 14.4. The first-order chi connectivity index (χ1) is 16.4. The molecule has 0 bridgehead atoms. The van der Waals surface area contributed by atoms with Crippen LogP contribution in [0.5, 0.6) is 5.75 Å². The van der Waals surface area contributed by atoms with Gasteiger partial charge in [-0.05, 0) is 78.9 Å². The van der Waals surface area contributed by atoms with Gasteiger partial charge in [-0.15, -0.1) is 5.10 Å². The van der Waals surface area contributed by atoms with Gasteiger partial charge in [0.2, 0.25) is 0 Å². The van der Waals surface area contributed by atoms with Crippen molar-refractivity contribution >= 4 is 6.03 Å². The number of hydrogen-bond acceptors (Lipinski definition) is 7. The number of carbonyl (C=O) groups excluding carboxylic acids is 1. The minimum absolute atomic E-state index is 0.130. The van der Waals surface area contributed by atoms with Crippen LogP contribution in [0.4, 0.5) is 4.79 Å². The number of phenols is 1. The molecule has 0 aliphatic carbocycles. The molecule has 0 fully saturated rings. The van der Waals surface area contributed by atoms with Gasteiger partial charge in [-0.2, -0.15) is 0 Å². The number of ether oxygens (including phenoxy) is 1. The second-order valence-electron chi connectivity index (χ2n) is 10.4. The number of phenolic OH excluding ortho intramolecular Hbond substituents is 1. The number of hydrogen-bond donors (Lipinski definition) is 4. The minimum atomic E-state index is -0.426. The summed E-state index contributed by atoms with van der Waals surface area (Å²) < 4.78 is 8.03. The third-order valence-electron chi connectivity index (χ3n) is 5.73. The Hall–Kier alpha value is -2.69. The number of aromatic hydroxyl groups is 1. The van der Waals surface area contributed by atoms with Crippen LogP contribution < -0.4 is 16.4 Å². The van der Waals surface area contributed by atoms with Crippen molar-refractivity contribution in [1.29, 1.82) is 0 Å². The standard InChI is InChI=1S/C25H43N7O3/c1-24(2,12-13-26)35-25(3,4)18-32-17-20(29-30-32)11-14-27-23(34)28-16-21(31(5)6)15-19-7-9-22(33)10-8-19/h7-10,17,21,33H,11-16,18,26H2,1-6H3,(H2,27,28,34)/t21-/m0/s1. The maximum atomic E-state index is 12.3. The number of likely N-dealkylation sites (N-methyl/N-ethyl adjacent to an activating group) is 1. The molecular weight excluding hydrogens is 446 g/mol. The molecule has 196 valence electrons. The molecule has 10 nitrogen and oxygen atoms in total. The molecule has 1 atom stereocenters. The minimum Gasteiger partial charge on any atom is -0.508 e. The number of nitrogens with two attached hydrogens (primary N) is 1. The number of amides is 2. The molecule has 2 rings (SSSR count). The fourth-order valence-electron chi connectivity index (χ4n) is 4.02. The third-order valence-corrected chi connectivity index (χ3v) is 5.73. The lowest BCUT2D eigenvalue weighted by molar-refractivity contribution is -0.132. The van der Waals surface area contributed by atoms with Gasteiger partial charge >= 0.3 is 6.03 Å². The first-order valence-corrected chi connectivity index (χ1v) is 12.1. The number of nitrogens with zero attached hydrogens (tertiary/aromatic N) is 4. The fourth-order valence-corrected chi connectivity index (χ4v) is 4.02. The molecule has 1 aromatic heterocycles. The molecule has 0 saturated heterocycles. The summed E-state index contributed by atoms with van der Waals surface area (Å²) in [6.45, 7) is 10.2. The van der Waals surface area contributed by atoms with Gasteiger partial charge in [-0.3, -0.25) is 0 Å². The molecule has 0 radical (unpaired) electrons. The molecule has 2 amide bonds. The van der Waals surface area contributed by atoms with Crippen LogP contribution in [-0.2, 0) is 24.1 Å². The summed E-state index contributed by atoms with van der Waals surface area (Å²) in [5.41, 5.74) is 6.86. The van der Waals surface area contributed by atoms with E-state index < -0.39 is 5.60 Å². The Balaban J connectivity index is 1.75. The van der Waals surface area contributed by atoms with E-state index >= 15 is 0 Å². The van der Waals surface area contributed by atoms with E-state index in [0.717, 1.165) is 24.1 Å². The lowest BCUT2D eigenvalue weighted by Crippen LogP contribution is -2.45. The zero-order valence-corrected chi connectivity index (χ0v) is 22.0. The SMILES string of the molecule is CN(C)[C@H](CNC(=O)NCCc1cn(CC(C)(C)OC(C)(C)CCN)nn1)Cc1ccc(O)cc1. The van der Waals surface area contributed by atoms with Crippen molar-refractivity contribution in [2.75, 3.05) is 33.7 Å². The smallest absolute Gasteiger partial charge is 0.314 e. The van der Waals surface area contributed by atoms with E-state index in [4.69, 9.17) is 10.5 Å². The van der Waals surface area contributed by atoms with Crippen LogP contribution in [0.2, 0.25) is 0 Å². The second-order valence-corrected chi connectivity index (χ2v) is 10.4. The summed E-state index contributed by atoms with van der Waals surface area (Å²) in [5, 5.41) is 23.7. The van der Waals surface area contributed by atoms with Gasteiger partial charge in [0.05, 0.1) is 23.4 Å². The maximum absolute atomic E-state index is 12.3. The molecule has 2 aromatic rings. The lowest BCUT2D eigenvalue weighted by atomic mass is 10.0. The topological polar surface area (TPSA) is 131 Å². The van der Waals surface area contributed by atoms with Crippen molar-refractivity contribution in [3.63, 3.8) is 0 Å². The van der Waals surface area contributed by atoms with Crippen LogP contribution in [0.15, 0.2) is 30.5 Å². The second kappa shape index (κ2) is 12.9. The van der Waals surface area contributed by atoms with Gasteiger partial charge in [0.15, 0.2) is 0 Å². The molecule has 0 spiro atoms. The molecule has 5 N–H and O–H groups in total. The predicted molar refractivity (Wildman–Crippen MR) is 137 cm³/mol. The van der Waals surface area contributed by atoms with Gasteiger partial charge in [0.25, 0.3) is 0 Å². The molecule has 0 unspecified atom stereocenters. The van der Waals surface area contributed by atoms with Crippen molar-refractivity contribution in [3.8, 4) is 5.75 Å². The first kappa shape index (κ1) is 28.5. The molecule has 1 heterocycles. The van der Waals surface area contributed by atoms with E-state index in [0.29, 0.717) is 32.6 Å². The van der Waals surface area contributed by atoms with Gasteiger partial charge in [-0.1, -0.05) is 17.3 Å². The van der Waals surface area contributed by atoms with Gasteiger partial charge in [-0.25, -0.2) is 9.48 Å². The van der Waals surface area contributed by atoms with E-state index in [1.54, 1.807) is 16.8 Å². The highest BCUT2D eigenvalue weighted by Gasteiger charge is 2.29. The van der Waals surface area contributed by atoms with Crippen LogP contribution in [0, 0.1) is 0 Å². The molecule has 10 heteroatoms. The number of rotatable bonds is 14. The highest BCUT2D eigenvalue weighted by atomic mass is 16.5. The predicted octanol–water partition coefficient (Wildman–Crippen LogP) is 1.92. The average Bonchev–Trinajstić information content (AvgIpc) is 3.17. The van der Waals surface area contributed by atoms with Gasteiger partial charge in [0.1, 0.15) is 5.75 Å². The number of aromatic nitrogens is 3. The van der Waals surface area contributed by atoms with Crippen LogP contribution in [0.3, 0.4) is 0 Å². The van der Waals surface area contributed by atoms with Crippen molar-refractivity contribution < 1.29 is 14.6 Å². The fraction of sp³-hybridized carbons (Fsp3) is 0.640. The van der Waals surface area contributed by atoms with E-state index in [1.807, 2.05) is 60.1 Å². The summed E-state index contributed by atoms with van der Waals surface area (Å²) in [7, 11) is 3.97. The maximum Gasteiger partial charge on any atom is 0.314 e. The van der Waals surface area contributed by atoms with Gasteiger partial charge in [0, 0.05) is 31.7 Å². The zero-order valence-electron chi connectivity index (χ0n) is 22.0. The highest BCUT2D eigenvalue weighted by Crippen LogP contribution is 2.24. The Labute approximate surface area is 209 Å². The van der Waals surface area contributed by atoms with E-state index in [-0.39, 0.29) is 23.4 Å². The first-order valence-electron chi connectivity index (χ1n) is 12.1. The zero-order chi connectivity index (χ0) is 26.1. The van der Waals surface area contributed by atoms with Crippen molar-refractivity contribution in [2.45, 2.75) is 70.7 Å². The van der Waals surface area contributed by atoms with Crippen LogP contribution in [0.25, 0.3) is 0 Å². The highest BCUT2D eigenvalue weighted by molar-refractivity contribution is 5.73. The molecule has 0 saturated carbocycles. The quantitative estimate of drug-likeness (QED) is 0.319. The Morgan fingerprint density at radius 1 is 1.17 bits per heavy atom. The number of urea groups is 1. The Morgan fingerprint density at radius 2 is 1.86 bits per heavy atom. The van der Waals surface area contributed by atoms with Crippen LogP contribution >= 0.6 is 0 Å². The van der Waals surface area contributed by atoms with E-state index in [1.165, 1.54) is 0 Å². The Kier molecular flexibility index (Phi) is 10.5. The van der Waals surface area contributed by atoms with Crippen molar-refractivity contribution in [3.05, 3.63) is 41.7 Å². The number of benzene rings is 1. The van der Waals surface area contributed by atoms with Crippen LogP contribution in [-0.4, -0.2) is 82.0 Å². The largest absolute Gasteiger partial charge is 0.508 e.